The van der Waals surface area contributed by atoms with Gasteiger partial charge in [-0.05, 0) is 73.0 Å². The van der Waals surface area contributed by atoms with Crippen molar-refractivity contribution < 1.29 is 8.78 Å². The lowest BCUT2D eigenvalue weighted by Crippen LogP contribution is -2.45. The molecule has 2 rings (SSSR count). The van der Waals surface area contributed by atoms with E-state index in [1.165, 1.54) is 24.3 Å². The Hall–Kier alpha value is -2.32. The van der Waals surface area contributed by atoms with Crippen LogP contribution in [0.4, 0.5) is 20.2 Å². The van der Waals surface area contributed by atoms with E-state index in [1.807, 2.05) is 0 Å². The summed E-state index contributed by atoms with van der Waals surface area (Å²) in [7, 11) is 0. The Kier molecular flexibility index (Phi) is 5.56. The Bertz CT molecular complexity index is 600. The topological polar surface area (TPSA) is 48.1 Å². The zero-order chi connectivity index (χ0) is 15.9. The molecule has 22 heavy (non-hydrogen) atoms. The van der Waals surface area contributed by atoms with Gasteiger partial charge in [0.15, 0.2) is 10.2 Å². The van der Waals surface area contributed by atoms with Crippen molar-refractivity contribution in [3.63, 3.8) is 0 Å². The highest BCUT2D eigenvalue weighted by molar-refractivity contribution is 7.81. The molecular weight excluding hydrogens is 326 g/mol. The van der Waals surface area contributed by atoms with E-state index in [4.69, 9.17) is 24.4 Å². The molecule has 114 valence electrons. The molecule has 0 aliphatic rings. The maximum atomic E-state index is 12.8. The summed E-state index contributed by atoms with van der Waals surface area (Å²) in [5, 5.41) is 6.22. The Morgan fingerprint density at radius 3 is 1.27 bits per heavy atom. The standard InChI is InChI=1S/C14H12F2N4S2/c15-9-1-5-11(6-2-9)17-13(21)19-20-14(22)18-12-7-3-10(16)4-8-12/h1-8H,(H2,17,19,21)(H2,18,20,22). The number of nitrogens with one attached hydrogen (secondary N) is 4. The minimum Gasteiger partial charge on any atom is -0.331 e. The van der Waals surface area contributed by atoms with Crippen LogP contribution in [0, 0.1) is 11.6 Å². The lowest BCUT2D eigenvalue weighted by molar-refractivity contribution is 0.627. The van der Waals surface area contributed by atoms with Gasteiger partial charge < -0.3 is 10.6 Å². The fraction of sp³-hybridized carbons (Fsp3) is 0. The molecule has 0 heterocycles. The van der Waals surface area contributed by atoms with Gasteiger partial charge in [-0.2, -0.15) is 0 Å². The van der Waals surface area contributed by atoms with E-state index in [2.05, 4.69) is 21.5 Å². The molecule has 0 radical (unpaired) electrons. The molecule has 0 atom stereocenters. The van der Waals surface area contributed by atoms with Crippen molar-refractivity contribution >= 4 is 46.0 Å². The summed E-state index contributed by atoms with van der Waals surface area (Å²) < 4.78 is 25.5. The van der Waals surface area contributed by atoms with Crippen molar-refractivity contribution in [1.82, 2.24) is 10.9 Å². The Balaban J connectivity index is 1.76. The number of hydrogen-bond acceptors (Lipinski definition) is 2. The maximum Gasteiger partial charge on any atom is 0.189 e. The van der Waals surface area contributed by atoms with Crippen LogP contribution in [-0.2, 0) is 0 Å². The maximum absolute atomic E-state index is 12.8. The summed E-state index contributed by atoms with van der Waals surface area (Å²) in [6, 6.07) is 11.5. The van der Waals surface area contributed by atoms with Crippen LogP contribution in [0.5, 0.6) is 0 Å². The summed E-state index contributed by atoms with van der Waals surface area (Å²) in [5.74, 6) is -0.653. The van der Waals surface area contributed by atoms with Crippen LogP contribution in [0.25, 0.3) is 0 Å². The number of benzene rings is 2. The molecule has 4 nitrogen and oxygen atoms in total. The first kappa shape index (κ1) is 16.1. The van der Waals surface area contributed by atoms with Gasteiger partial charge in [-0.1, -0.05) is 0 Å². The molecule has 0 bridgehead atoms. The normalized spacial score (nSPS) is 9.73. The van der Waals surface area contributed by atoms with Crippen LogP contribution in [0.15, 0.2) is 48.5 Å². The molecule has 0 aliphatic carbocycles. The van der Waals surface area contributed by atoms with Crippen molar-refractivity contribution in [2.45, 2.75) is 0 Å². The van der Waals surface area contributed by atoms with Gasteiger partial charge in [0.1, 0.15) is 11.6 Å². The van der Waals surface area contributed by atoms with Gasteiger partial charge in [0.05, 0.1) is 0 Å². The first-order valence-corrected chi connectivity index (χ1v) is 7.00. The Labute approximate surface area is 136 Å². The quantitative estimate of drug-likeness (QED) is 0.499. The van der Waals surface area contributed by atoms with Crippen molar-refractivity contribution in [2.75, 3.05) is 10.6 Å². The predicted molar refractivity (Wildman–Crippen MR) is 91.5 cm³/mol. The van der Waals surface area contributed by atoms with Crippen molar-refractivity contribution in [3.05, 3.63) is 60.2 Å². The lowest BCUT2D eigenvalue weighted by atomic mass is 10.3. The summed E-state index contributed by atoms with van der Waals surface area (Å²) in [5.41, 5.74) is 6.63. The third kappa shape index (κ3) is 5.23. The number of hydrazine groups is 1. The average Bonchev–Trinajstić information content (AvgIpc) is 2.50. The summed E-state index contributed by atoms with van der Waals surface area (Å²) in [4.78, 5) is 0. The minimum absolute atomic E-state index is 0.259. The fourth-order valence-corrected chi connectivity index (χ4v) is 1.84. The predicted octanol–water partition coefficient (Wildman–Crippen LogP) is 3.15. The monoisotopic (exact) mass is 338 g/mol. The molecule has 0 aliphatic heterocycles. The zero-order valence-electron chi connectivity index (χ0n) is 11.2. The molecule has 2 aromatic carbocycles. The molecule has 0 spiro atoms. The van der Waals surface area contributed by atoms with Crippen molar-refractivity contribution in [1.29, 1.82) is 0 Å². The van der Waals surface area contributed by atoms with Crippen LogP contribution >= 0.6 is 24.4 Å². The molecule has 0 saturated heterocycles. The molecule has 0 unspecified atom stereocenters. The number of thiocarbonyl (C=S) groups is 2. The van der Waals surface area contributed by atoms with E-state index in [0.29, 0.717) is 11.4 Å². The minimum atomic E-state index is -0.327. The molecular formula is C14H12F2N4S2. The van der Waals surface area contributed by atoms with Crippen LogP contribution in [0.1, 0.15) is 0 Å². The van der Waals surface area contributed by atoms with Crippen LogP contribution < -0.4 is 21.5 Å². The van der Waals surface area contributed by atoms with E-state index in [1.54, 1.807) is 24.3 Å². The van der Waals surface area contributed by atoms with E-state index >= 15 is 0 Å². The lowest BCUT2D eigenvalue weighted by Gasteiger charge is -2.14. The second kappa shape index (κ2) is 7.62. The number of anilines is 2. The second-order valence-corrected chi connectivity index (χ2v) is 4.99. The van der Waals surface area contributed by atoms with Gasteiger partial charge in [0, 0.05) is 11.4 Å². The second-order valence-electron chi connectivity index (χ2n) is 4.17. The third-order valence-electron chi connectivity index (χ3n) is 2.49. The van der Waals surface area contributed by atoms with Gasteiger partial charge in [0.25, 0.3) is 0 Å². The fourth-order valence-electron chi connectivity index (χ4n) is 1.50. The summed E-state index contributed by atoms with van der Waals surface area (Å²) in [6.07, 6.45) is 0. The van der Waals surface area contributed by atoms with Crippen LogP contribution in [0.2, 0.25) is 0 Å². The summed E-state index contributed by atoms with van der Waals surface area (Å²) in [6.45, 7) is 0. The van der Waals surface area contributed by atoms with Gasteiger partial charge in [0.2, 0.25) is 0 Å². The molecule has 0 fully saturated rings. The smallest absolute Gasteiger partial charge is 0.189 e. The Morgan fingerprint density at radius 2 is 0.955 bits per heavy atom. The summed E-state index contributed by atoms with van der Waals surface area (Å²) >= 11 is 10.1. The molecule has 0 saturated carbocycles. The highest BCUT2D eigenvalue weighted by Crippen LogP contribution is 2.08. The van der Waals surface area contributed by atoms with Gasteiger partial charge in [-0.3, -0.25) is 10.9 Å². The number of hydrogen-bond donors (Lipinski definition) is 4. The SMILES string of the molecule is Fc1ccc(NC(=S)NNC(=S)Nc2ccc(F)cc2)cc1. The number of halogens is 2. The van der Waals surface area contributed by atoms with E-state index < -0.39 is 0 Å². The average molecular weight is 338 g/mol. The van der Waals surface area contributed by atoms with E-state index in [9.17, 15) is 8.78 Å². The van der Waals surface area contributed by atoms with Gasteiger partial charge in [-0.25, -0.2) is 8.78 Å². The van der Waals surface area contributed by atoms with Crippen molar-refractivity contribution in [3.8, 4) is 0 Å². The highest BCUT2D eigenvalue weighted by atomic mass is 32.1. The molecule has 0 amide bonds. The van der Waals surface area contributed by atoms with Gasteiger partial charge in [-0.15, -0.1) is 0 Å². The van der Waals surface area contributed by atoms with Crippen LogP contribution in [0.3, 0.4) is 0 Å². The molecule has 2 aromatic rings. The first-order valence-electron chi connectivity index (χ1n) is 6.18. The van der Waals surface area contributed by atoms with E-state index in [-0.39, 0.29) is 21.9 Å². The van der Waals surface area contributed by atoms with Crippen molar-refractivity contribution in [2.24, 2.45) is 0 Å². The molecule has 0 aromatic heterocycles. The molecule has 8 heteroatoms. The zero-order valence-corrected chi connectivity index (χ0v) is 12.8. The number of rotatable bonds is 2. The van der Waals surface area contributed by atoms with Crippen LogP contribution in [-0.4, -0.2) is 10.2 Å². The highest BCUT2D eigenvalue weighted by Gasteiger charge is 2.00. The third-order valence-corrected chi connectivity index (χ3v) is 2.90. The molecule has 4 N–H and O–H groups in total. The van der Waals surface area contributed by atoms with E-state index in [0.717, 1.165) is 0 Å². The first-order chi connectivity index (χ1) is 10.5. The Morgan fingerprint density at radius 1 is 0.636 bits per heavy atom. The van der Waals surface area contributed by atoms with Gasteiger partial charge >= 0.3 is 0 Å². The largest absolute Gasteiger partial charge is 0.331 e.